The molecule has 0 aliphatic heterocycles. The van der Waals surface area contributed by atoms with Gasteiger partial charge in [0.2, 0.25) is 5.91 Å². The highest BCUT2D eigenvalue weighted by Crippen LogP contribution is 2.24. The summed E-state index contributed by atoms with van der Waals surface area (Å²) >= 11 is 0. The molecule has 1 unspecified atom stereocenters. The molecule has 0 aliphatic carbocycles. The van der Waals surface area contributed by atoms with E-state index in [9.17, 15) is 19.7 Å². The van der Waals surface area contributed by atoms with E-state index in [2.05, 4.69) is 5.32 Å². The van der Waals surface area contributed by atoms with Crippen LogP contribution in [0.2, 0.25) is 0 Å². The van der Waals surface area contributed by atoms with Gasteiger partial charge in [0.15, 0.2) is 0 Å². The van der Waals surface area contributed by atoms with Crippen molar-refractivity contribution in [3.8, 4) is 0 Å². The average molecular weight is 281 g/mol. The first-order chi connectivity index (χ1) is 9.32. The van der Waals surface area contributed by atoms with E-state index in [0.29, 0.717) is 5.56 Å². The molecule has 20 heavy (non-hydrogen) atoms. The van der Waals surface area contributed by atoms with Crippen LogP contribution in [0.3, 0.4) is 0 Å². The monoisotopic (exact) mass is 281 g/mol. The molecular weight excluding hydrogens is 266 g/mol. The van der Waals surface area contributed by atoms with Crippen LogP contribution in [-0.4, -0.2) is 27.9 Å². The Morgan fingerprint density at radius 3 is 2.60 bits per heavy atom. The number of rotatable bonds is 6. The molecule has 108 valence electrons. The molecule has 0 fully saturated rings. The van der Waals surface area contributed by atoms with Gasteiger partial charge in [0, 0.05) is 6.07 Å². The normalized spacial score (nSPS) is 13.3. The number of carbonyl (C=O) groups is 2. The molecule has 4 N–H and O–H groups in total. The van der Waals surface area contributed by atoms with E-state index in [4.69, 9.17) is 10.8 Å². The van der Waals surface area contributed by atoms with Gasteiger partial charge < -0.3 is 16.2 Å². The van der Waals surface area contributed by atoms with Gasteiger partial charge in [-0.15, -0.1) is 0 Å². The largest absolute Gasteiger partial charge is 0.480 e. The van der Waals surface area contributed by atoms with Crippen LogP contribution in [0.15, 0.2) is 24.3 Å². The standard InChI is InChI=1S/C12H15N3O5/c1-7(14-11(16)6-9(13)12(17)18)8-4-2-3-5-10(8)15(19)20/h2-5,7,9H,6,13H2,1H3,(H,14,16)(H,17,18)/t7?,9-/m0/s1. The van der Waals surface area contributed by atoms with Crippen LogP contribution in [0.5, 0.6) is 0 Å². The molecule has 1 aromatic rings. The fourth-order valence-electron chi connectivity index (χ4n) is 1.69. The van der Waals surface area contributed by atoms with Gasteiger partial charge in [-0.1, -0.05) is 18.2 Å². The average Bonchev–Trinajstić information content (AvgIpc) is 2.38. The number of nitro benzene ring substituents is 1. The summed E-state index contributed by atoms with van der Waals surface area (Å²) in [4.78, 5) is 32.5. The molecule has 0 radical (unpaired) electrons. The Morgan fingerprint density at radius 2 is 2.05 bits per heavy atom. The second-order valence-corrected chi connectivity index (χ2v) is 4.25. The number of nitrogens with two attached hydrogens (primary N) is 1. The molecule has 0 spiro atoms. The highest BCUT2D eigenvalue weighted by Gasteiger charge is 2.22. The van der Waals surface area contributed by atoms with Crippen molar-refractivity contribution in [3.63, 3.8) is 0 Å². The molecule has 0 aliphatic rings. The lowest BCUT2D eigenvalue weighted by Gasteiger charge is -2.15. The number of nitrogens with zero attached hydrogens (tertiary/aromatic N) is 1. The maximum atomic E-state index is 11.6. The third-order valence-electron chi connectivity index (χ3n) is 2.70. The summed E-state index contributed by atoms with van der Waals surface area (Å²) in [6.07, 6.45) is -0.389. The Morgan fingerprint density at radius 1 is 1.45 bits per heavy atom. The number of hydrogen-bond acceptors (Lipinski definition) is 5. The number of carboxylic acids is 1. The molecule has 0 saturated heterocycles. The van der Waals surface area contributed by atoms with Gasteiger partial charge in [0.25, 0.3) is 5.69 Å². The molecule has 8 heteroatoms. The van der Waals surface area contributed by atoms with E-state index in [0.717, 1.165) is 0 Å². The van der Waals surface area contributed by atoms with Gasteiger partial charge in [-0.2, -0.15) is 0 Å². The second kappa shape index (κ2) is 6.62. The molecule has 1 amide bonds. The third kappa shape index (κ3) is 4.02. The number of carboxylic acid groups (broad SMARTS) is 1. The molecule has 1 aromatic carbocycles. The first-order valence-electron chi connectivity index (χ1n) is 5.84. The summed E-state index contributed by atoms with van der Waals surface area (Å²) < 4.78 is 0. The lowest BCUT2D eigenvalue weighted by Crippen LogP contribution is -2.37. The van der Waals surface area contributed by atoms with Gasteiger partial charge in [-0.3, -0.25) is 19.7 Å². The summed E-state index contributed by atoms with van der Waals surface area (Å²) in [6, 6.07) is 4.09. The quantitative estimate of drug-likeness (QED) is 0.515. The number of hydrogen-bond donors (Lipinski definition) is 3. The minimum atomic E-state index is -1.30. The Labute approximate surface area is 114 Å². The maximum absolute atomic E-state index is 11.6. The van der Waals surface area contributed by atoms with Gasteiger partial charge in [-0.05, 0) is 6.92 Å². The first-order valence-corrected chi connectivity index (χ1v) is 5.84. The Bertz CT molecular complexity index is 532. The number of benzene rings is 1. The van der Waals surface area contributed by atoms with Crippen LogP contribution in [-0.2, 0) is 9.59 Å². The summed E-state index contributed by atoms with van der Waals surface area (Å²) in [6.45, 7) is 1.58. The lowest BCUT2D eigenvalue weighted by molar-refractivity contribution is -0.385. The van der Waals surface area contributed by atoms with Crippen LogP contribution in [0, 0.1) is 10.1 Å². The number of carbonyl (C=O) groups excluding carboxylic acids is 1. The van der Waals surface area contributed by atoms with Gasteiger partial charge in [0.1, 0.15) is 6.04 Å². The van der Waals surface area contributed by atoms with Crippen LogP contribution in [0.1, 0.15) is 24.9 Å². The van der Waals surface area contributed by atoms with Crippen molar-refractivity contribution in [2.24, 2.45) is 5.73 Å². The fourth-order valence-corrected chi connectivity index (χ4v) is 1.69. The summed E-state index contributed by atoms with van der Waals surface area (Å²) in [5, 5.41) is 22.0. The van der Waals surface area contributed by atoms with Crippen molar-refractivity contribution >= 4 is 17.6 Å². The summed E-state index contributed by atoms with van der Waals surface area (Å²) in [7, 11) is 0. The van der Waals surface area contributed by atoms with E-state index in [-0.39, 0.29) is 12.1 Å². The van der Waals surface area contributed by atoms with Crippen molar-refractivity contribution < 1.29 is 19.6 Å². The fraction of sp³-hybridized carbons (Fsp3) is 0.333. The summed E-state index contributed by atoms with van der Waals surface area (Å²) in [5.74, 6) is -1.86. The van der Waals surface area contributed by atoms with E-state index in [1.807, 2.05) is 0 Å². The zero-order chi connectivity index (χ0) is 15.3. The van der Waals surface area contributed by atoms with E-state index in [1.165, 1.54) is 18.2 Å². The van der Waals surface area contributed by atoms with Crippen LogP contribution >= 0.6 is 0 Å². The molecule has 0 heterocycles. The number of amides is 1. The number of nitro groups is 1. The van der Waals surface area contributed by atoms with E-state index < -0.39 is 28.9 Å². The topological polar surface area (TPSA) is 136 Å². The van der Waals surface area contributed by atoms with Crippen molar-refractivity contribution in [2.45, 2.75) is 25.4 Å². The minimum absolute atomic E-state index is 0.108. The van der Waals surface area contributed by atoms with Crippen molar-refractivity contribution in [3.05, 3.63) is 39.9 Å². The van der Waals surface area contributed by atoms with Gasteiger partial charge >= 0.3 is 5.97 Å². The zero-order valence-electron chi connectivity index (χ0n) is 10.8. The maximum Gasteiger partial charge on any atom is 0.321 e. The molecule has 8 nitrogen and oxygen atoms in total. The second-order valence-electron chi connectivity index (χ2n) is 4.25. The first kappa shape index (κ1) is 15.6. The molecule has 0 aromatic heterocycles. The minimum Gasteiger partial charge on any atom is -0.480 e. The number of aliphatic carboxylic acids is 1. The SMILES string of the molecule is CC(NC(=O)C[C@H](N)C(=O)O)c1ccccc1[N+](=O)[O-]. The van der Waals surface area contributed by atoms with E-state index >= 15 is 0 Å². The predicted octanol–water partition coefficient (Wildman–Crippen LogP) is 0.574. The Balaban J connectivity index is 2.77. The molecule has 0 bridgehead atoms. The molecule has 1 rings (SSSR count). The van der Waals surface area contributed by atoms with Crippen molar-refractivity contribution in [1.29, 1.82) is 0 Å². The van der Waals surface area contributed by atoms with Crippen LogP contribution in [0.25, 0.3) is 0 Å². The van der Waals surface area contributed by atoms with Crippen LogP contribution in [0.4, 0.5) is 5.69 Å². The van der Waals surface area contributed by atoms with Crippen molar-refractivity contribution in [2.75, 3.05) is 0 Å². The van der Waals surface area contributed by atoms with Crippen LogP contribution < -0.4 is 11.1 Å². The van der Waals surface area contributed by atoms with Gasteiger partial charge in [-0.25, -0.2) is 0 Å². The zero-order valence-corrected chi connectivity index (χ0v) is 10.8. The smallest absolute Gasteiger partial charge is 0.321 e. The van der Waals surface area contributed by atoms with Crippen molar-refractivity contribution in [1.82, 2.24) is 5.32 Å². The number of nitrogens with one attached hydrogen (secondary N) is 1. The van der Waals surface area contributed by atoms with E-state index in [1.54, 1.807) is 13.0 Å². The van der Waals surface area contributed by atoms with Gasteiger partial charge in [0.05, 0.1) is 22.9 Å². The highest BCUT2D eigenvalue weighted by molar-refractivity contribution is 5.84. The predicted molar refractivity (Wildman–Crippen MR) is 69.9 cm³/mol. The Hall–Kier alpha value is -2.48. The Kier molecular flexibility index (Phi) is 5.15. The third-order valence-corrected chi connectivity index (χ3v) is 2.70. The molecule has 0 saturated carbocycles. The summed E-state index contributed by atoms with van der Waals surface area (Å²) in [5.41, 5.74) is 5.48. The molecular formula is C12H15N3O5. The lowest BCUT2D eigenvalue weighted by atomic mass is 10.1. The highest BCUT2D eigenvalue weighted by atomic mass is 16.6. The number of para-hydroxylation sites is 1. The molecule has 2 atom stereocenters.